The molecule has 0 bridgehead atoms. The van der Waals surface area contributed by atoms with Gasteiger partial charge < -0.3 is 20.9 Å². The zero-order chi connectivity index (χ0) is 17.6. The highest BCUT2D eigenvalue weighted by Crippen LogP contribution is 2.25. The fraction of sp³-hybridized carbons (Fsp3) is 0.579. The number of hydrogen-bond acceptors (Lipinski definition) is 3. The number of amides is 3. The van der Waals surface area contributed by atoms with Gasteiger partial charge in [0.2, 0.25) is 0 Å². The van der Waals surface area contributed by atoms with Crippen molar-refractivity contribution in [3.8, 4) is 0 Å². The van der Waals surface area contributed by atoms with Gasteiger partial charge in [0.15, 0.2) is 0 Å². The number of nitrogens with two attached hydrogens (primary N) is 1. The Morgan fingerprint density at radius 3 is 2.36 bits per heavy atom. The number of rotatable bonds is 3. The Kier molecular flexibility index (Phi) is 5.79. The number of carbonyl (C=O) groups is 2. The number of anilines is 1. The van der Waals surface area contributed by atoms with E-state index in [4.69, 9.17) is 5.73 Å². The molecule has 0 radical (unpaired) electrons. The quantitative estimate of drug-likeness (QED) is 0.885. The Hall–Kier alpha value is -2.24. The Bertz CT molecular complexity index is 613. The van der Waals surface area contributed by atoms with E-state index in [1.54, 1.807) is 4.90 Å². The average molecular weight is 344 g/mol. The van der Waals surface area contributed by atoms with Crippen LogP contribution in [0.3, 0.4) is 0 Å². The summed E-state index contributed by atoms with van der Waals surface area (Å²) in [7, 11) is 0. The second-order valence-electron chi connectivity index (χ2n) is 7.00. The summed E-state index contributed by atoms with van der Waals surface area (Å²) in [5.41, 5.74) is 7.02. The second-order valence-corrected chi connectivity index (χ2v) is 7.00. The van der Waals surface area contributed by atoms with Crippen molar-refractivity contribution in [2.24, 2.45) is 5.73 Å². The lowest BCUT2D eigenvalue weighted by molar-refractivity contribution is 0.0763. The van der Waals surface area contributed by atoms with Crippen molar-refractivity contribution in [3.63, 3.8) is 0 Å². The third-order valence-corrected chi connectivity index (χ3v) is 5.22. The molecule has 0 atom stereocenters. The van der Waals surface area contributed by atoms with Gasteiger partial charge in [-0.2, -0.15) is 0 Å². The topological polar surface area (TPSA) is 78.7 Å². The highest BCUT2D eigenvalue weighted by atomic mass is 16.2. The molecule has 3 N–H and O–H groups in total. The zero-order valence-corrected chi connectivity index (χ0v) is 14.7. The van der Waals surface area contributed by atoms with Gasteiger partial charge in [-0.25, -0.2) is 4.79 Å². The molecule has 1 saturated carbocycles. The van der Waals surface area contributed by atoms with Crippen LogP contribution in [-0.2, 0) is 0 Å². The van der Waals surface area contributed by atoms with Crippen molar-refractivity contribution in [3.05, 3.63) is 29.8 Å². The van der Waals surface area contributed by atoms with Gasteiger partial charge in [-0.1, -0.05) is 31.4 Å². The van der Waals surface area contributed by atoms with Crippen LogP contribution in [0.5, 0.6) is 0 Å². The molecule has 0 spiro atoms. The number of nitrogens with zero attached hydrogens (tertiary/aromatic N) is 2. The molecule has 3 rings (SSSR count). The first kappa shape index (κ1) is 17.6. The highest BCUT2D eigenvalue weighted by molar-refractivity contribution is 5.99. The number of nitrogens with one attached hydrogen (secondary N) is 1. The maximum Gasteiger partial charge on any atom is 0.314 e. The van der Waals surface area contributed by atoms with Crippen LogP contribution in [0.15, 0.2) is 24.3 Å². The minimum atomic E-state index is -0.409. The minimum absolute atomic E-state index is 0.0326. The summed E-state index contributed by atoms with van der Waals surface area (Å²) < 4.78 is 0. The van der Waals surface area contributed by atoms with E-state index in [9.17, 15) is 9.59 Å². The number of carbonyl (C=O) groups excluding carboxylic acids is 2. The van der Waals surface area contributed by atoms with Gasteiger partial charge >= 0.3 is 6.03 Å². The van der Waals surface area contributed by atoms with Crippen LogP contribution in [0.1, 0.15) is 48.9 Å². The van der Waals surface area contributed by atoms with Gasteiger partial charge in [0, 0.05) is 37.9 Å². The summed E-state index contributed by atoms with van der Waals surface area (Å²) in [6, 6.07) is 7.82. The third kappa shape index (κ3) is 4.44. The molecule has 1 aromatic carbocycles. The Labute approximate surface area is 149 Å². The fourth-order valence-corrected chi connectivity index (χ4v) is 3.77. The third-order valence-electron chi connectivity index (χ3n) is 5.22. The predicted molar refractivity (Wildman–Crippen MR) is 98.6 cm³/mol. The van der Waals surface area contributed by atoms with Crippen molar-refractivity contribution < 1.29 is 9.59 Å². The number of hydrogen-bond donors (Lipinski definition) is 2. The molecule has 1 saturated heterocycles. The highest BCUT2D eigenvalue weighted by Gasteiger charge is 2.24. The van der Waals surface area contributed by atoms with E-state index in [2.05, 4.69) is 5.32 Å². The molecular formula is C19H28N4O2. The Balaban J connectivity index is 1.70. The van der Waals surface area contributed by atoms with Crippen LogP contribution in [0.25, 0.3) is 0 Å². The molecule has 1 heterocycles. The smallest absolute Gasteiger partial charge is 0.314 e. The van der Waals surface area contributed by atoms with Crippen LogP contribution >= 0.6 is 0 Å². The SMILES string of the molecule is NC(=O)N1CCCN(C(=O)c2ccccc2NC2CCCCC2)CC1. The number of para-hydroxylation sites is 1. The van der Waals surface area contributed by atoms with Crippen LogP contribution in [-0.4, -0.2) is 54.0 Å². The monoisotopic (exact) mass is 344 g/mol. The summed E-state index contributed by atoms with van der Waals surface area (Å²) >= 11 is 0. The van der Waals surface area contributed by atoms with Gasteiger partial charge in [0.05, 0.1) is 5.56 Å². The summed E-state index contributed by atoms with van der Waals surface area (Å²) in [5, 5.41) is 3.58. The van der Waals surface area contributed by atoms with Crippen molar-refractivity contribution in [1.82, 2.24) is 9.80 Å². The van der Waals surface area contributed by atoms with Crippen LogP contribution < -0.4 is 11.1 Å². The van der Waals surface area contributed by atoms with Gasteiger partial charge in [-0.3, -0.25) is 4.79 Å². The molecule has 25 heavy (non-hydrogen) atoms. The first-order chi connectivity index (χ1) is 12.1. The zero-order valence-electron chi connectivity index (χ0n) is 14.7. The van der Waals surface area contributed by atoms with Gasteiger partial charge in [-0.05, 0) is 31.4 Å². The molecule has 0 unspecified atom stereocenters. The summed E-state index contributed by atoms with van der Waals surface area (Å²) in [5.74, 6) is 0.0326. The molecule has 1 aromatic rings. The molecular weight excluding hydrogens is 316 g/mol. The van der Waals surface area contributed by atoms with Crippen molar-refractivity contribution in [2.75, 3.05) is 31.5 Å². The Morgan fingerprint density at radius 1 is 0.920 bits per heavy atom. The van der Waals surface area contributed by atoms with E-state index in [0.717, 1.165) is 17.7 Å². The van der Waals surface area contributed by atoms with Gasteiger partial charge in [0.1, 0.15) is 0 Å². The van der Waals surface area contributed by atoms with Crippen LogP contribution in [0.2, 0.25) is 0 Å². The molecule has 2 fully saturated rings. The summed E-state index contributed by atoms with van der Waals surface area (Å²) in [6.45, 7) is 2.29. The predicted octanol–water partition coefficient (Wildman–Crippen LogP) is 2.66. The average Bonchev–Trinajstić information content (AvgIpc) is 2.89. The molecule has 1 aliphatic carbocycles. The van der Waals surface area contributed by atoms with E-state index < -0.39 is 6.03 Å². The lowest BCUT2D eigenvalue weighted by Gasteiger charge is -2.27. The number of urea groups is 1. The minimum Gasteiger partial charge on any atom is -0.382 e. The summed E-state index contributed by atoms with van der Waals surface area (Å²) in [6.07, 6.45) is 6.90. The Morgan fingerprint density at radius 2 is 1.60 bits per heavy atom. The standard InChI is InChI=1S/C19H28N4O2/c20-19(25)23-12-6-11-22(13-14-23)18(24)16-9-4-5-10-17(16)21-15-7-2-1-3-8-15/h4-5,9-10,15,21H,1-3,6-8,11-14H2,(H2,20,25). The van der Waals surface area contributed by atoms with E-state index in [0.29, 0.717) is 32.2 Å². The molecule has 1 aliphatic heterocycles. The second kappa shape index (κ2) is 8.23. The van der Waals surface area contributed by atoms with E-state index in [-0.39, 0.29) is 5.91 Å². The van der Waals surface area contributed by atoms with Crippen LogP contribution in [0, 0.1) is 0 Å². The van der Waals surface area contributed by atoms with Crippen molar-refractivity contribution in [1.29, 1.82) is 0 Å². The molecule has 3 amide bonds. The van der Waals surface area contributed by atoms with E-state index in [1.807, 2.05) is 29.2 Å². The molecule has 136 valence electrons. The molecule has 6 heteroatoms. The first-order valence-electron chi connectivity index (χ1n) is 9.34. The first-order valence-corrected chi connectivity index (χ1v) is 9.34. The van der Waals surface area contributed by atoms with Crippen LogP contribution in [0.4, 0.5) is 10.5 Å². The number of benzene rings is 1. The molecule has 6 nitrogen and oxygen atoms in total. The lowest BCUT2D eigenvalue weighted by atomic mass is 9.95. The van der Waals surface area contributed by atoms with E-state index >= 15 is 0 Å². The fourth-order valence-electron chi connectivity index (χ4n) is 3.77. The molecule has 0 aromatic heterocycles. The maximum atomic E-state index is 13.0. The van der Waals surface area contributed by atoms with E-state index in [1.165, 1.54) is 32.1 Å². The summed E-state index contributed by atoms with van der Waals surface area (Å²) in [4.78, 5) is 27.9. The number of primary amides is 1. The largest absolute Gasteiger partial charge is 0.382 e. The lowest BCUT2D eigenvalue weighted by Crippen LogP contribution is -2.40. The van der Waals surface area contributed by atoms with Gasteiger partial charge in [0.25, 0.3) is 5.91 Å². The maximum absolute atomic E-state index is 13.0. The van der Waals surface area contributed by atoms with Crippen molar-refractivity contribution >= 4 is 17.6 Å². The molecule has 2 aliphatic rings. The normalized spacial score (nSPS) is 19.4. The van der Waals surface area contributed by atoms with Gasteiger partial charge in [-0.15, -0.1) is 0 Å². The van der Waals surface area contributed by atoms with Crippen molar-refractivity contribution in [2.45, 2.75) is 44.6 Å².